The molecular formula is C13H17NO2. The van der Waals surface area contributed by atoms with E-state index in [1.165, 1.54) is 5.56 Å². The summed E-state index contributed by atoms with van der Waals surface area (Å²) in [5, 5.41) is 0. The maximum Gasteiger partial charge on any atom is 0.261 e. The van der Waals surface area contributed by atoms with E-state index in [1.807, 2.05) is 4.57 Å². The third-order valence-corrected chi connectivity index (χ3v) is 3.24. The summed E-state index contributed by atoms with van der Waals surface area (Å²) in [7, 11) is 0. The van der Waals surface area contributed by atoms with Crippen molar-refractivity contribution >= 4 is 6.29 Å². The third-order valence-electron chi connectivity index (χ3n) is 3.24. The summed E-state index contributed by atoms with van der Waals surface area (Å²) in [5.41, 5.74) is 2.56. The zero-order valence-corrected chi connectivity index (χ0v) is 9.66. The predicted octanol–water partition coefficient (Wildman–Crippen LogP) is 1.95. The summed E-state index contributed by atoms with van der Waals surface area (Å²) in [4.78, 5) is 22.8. The molecule has 3 heteroatoms. The van der Waals surface area contributed by atoms with Gasteiger partial charge in [0.05, 0.1) is 5.56 Å². The van der Waals surface area contributed by atoms with Gasteiger partial charge in [-0.3, -0.25) is 9.59 Å². The fourth-order valence-corrected chi connectivity index (χ4v) is 2.38. The van der Waals surface area contributed by atoms with Crippen molar-refractivity contribution in [3.8, 4) is 0 Å². The van der Waals surface area contributed by atoms with Gasteiger partial charge in [-0.2, -0.15) is 0 Å². The van der Waals surface area contributed by atoms with Gasteiger partial charge >= 0.3 is 0 Å². The Morgan fingerprint density at radius 1 is 1.44 bits per heavy atom. The monoisotopic (exact) mass is 219 g/mol. The highest BCUT2D eigenvalue weighted by Crippen LogP contribution is 2.21. The number of carbonyl (C=O) groups is 1. The van der Waals surface area contributed by atoms with Gasteiger partial charge in [0.2, 0.25) is 0 Å². The Kier molecular flexibility index (Phi) is 3.22. The molecule has 0 amide bonds. The van der Waals surface area contributed by atoms with Crippen LogP contribution in [0.5, 0.6) is 0 Å². The molecule has 0 atom stereocenters. The Balaban J connectivity index is 2.51. The predicted molar refractivity (Wildman–Crippen MR) is 63.0 cm³/mol. The molecule has 1 aliphatic carbocycles. The average molecular weight is 219 g/mol. The number of rotatable bonds is 4. The fraction of sp³-hybridized carbons (Fsp3) is 0.538. The highest BCUT2D eigenvalue weighted by molar-refractivity contribution is 5.74. The van der Waals surface area contributed by atoms with E-state index in [4.69, 9.17) is 0 Å². The molecule has 0 aromatic carbocycles. The number of nitrogens with zero attached hydrogens (tertiary/aromatic N) is 1. The van der Waals surface area contributed by atoms with Crippen molar-refractivity contribution in [1.29, 1.82) is 0 Å². The maximum atomic E-state index is 12.0. The van der Waals surface area contributed by atoms with Gasteiger partial charge in [-0.05, 0) is 37.3 Å². The molecule has 3 nitrogen and oxygen atoms in total. The van der Waals surface area contributed by atoms with Gasteiger partial charge in [-0.1, -0.05) is 13.3 Å². The Bertz CT molecular complexity index is 460. The largest absolute Gasteiger partial charge is 0.312 e. The van der Waals surface area contributed by atoms with Crippen molar-refractivity contribution in [2.75, 3.05) is 0 Å². The molecule has 0 N–H and O–H groups in total. The lowest BCUT2D eigenvalue weighted by Crippen LogP contribution is -2.26. The number of unbranched alkanes of at least 4 members (excludes halogenated alkanes) is 1. The lowest BCUT2D eigenvalue weighted by molar-refractivity contribution is 0.112. The van der Waals surface area contributed by atoms with E-state index < -0.39 is 0 Å². The van der Waals surface area contributed by atoms with Crippen LogP contribution in [-0.2, 0) is 19.4 Å². The molecule has 0 unspecified atom stereocenters. The van der Waals surface area contributed by atoms with Gasteiger partial charge in [0.1, 0.15) is 0 Å². The Hall–Kier alpha value is -1.38. The zero-order chi connectivity index (χ0) is 11.5. The highest BCUT2D eigenvalue weighted by Gasteiger charge is 2.18. The Morgan fingerprint density at radius 2 is 2.25 bits per heavy atom. The average Bonchev–Trinajstić information content (AvgIpc) is 2.75. The van der Waals surface area contributed by atoms with E-state index >= 15 is 0 Å². The summed E-state index contributed by atoms with van der Waals surface area (Å²) in [6.07, 6.45) is 5.82. The number of aldehydes is 1. The van der Waals surface area contributed by atoms with Crippen LogP contribution in [0.2, 0.25) is 0 Å². The van der Waals surface area contributed by atoms with Crippen LogP contribution in [0.4, 0.5) is 0 Å². The molecular weight excluding hydrogens is 202 g/mol. The van der Waals surface area contributed by atoms with Crippen molar-refractivity contribution in [2.45, 2.75) is 45.6 Å². The smallest absolute Gasteiger partial charge is 0.261 e. The molecule has 0 bridgehead atoms. The number of fused-ring (bicyclic) bond motifs is 1. The van der Waals surface area contributed by atoms with E-state index in [0.29, 0.717) is 11.8 Å². The van der Waals surface area contributed by atoms with Crippen molar-refractivity contribution in [3.63, 3.8) is 0 Å². The van der Waals surface area contributed by atoms with Crippen molar-refractivity contribution < 1.29 is 4.79 Å². The first kappa shape index (κ1) is 11.1. The molecule has 0 fully saturated rings. The first-order valence-corrected chi connectivity index (χ1v) is 5.98. The molecule has 16 heavy (non-hydrogen) atoms. The van der Waals surface area contributed by atoms with Gasteiger partial charge in [0.25, 0.3) is 5.56 Å². The van der Waals surface area contributed by atoms with E-state index in [1.54, 1.807) is 6.07 Å². The molecule has 0 aliphatic heterocycles. The molecule has 1 aliphatic rings. The molecule has 2 rings (SSSR count). The van der Waals surface area contributed by atoms with Crippen molar-refractivity contribution in [3.05, 3.63) is 33.2 Å². The summed E-state index contributed by atoms with van der Waals surface area (Å²) < 4.78 is 1.82. The van der Waals surface area contributed by atoms with Gasteiger partial charge < -0.3 is 4.57 Å². The number of pyridine rings is 1. The van der Waals surface area contributed by atoms with Gasteiger partial charge in [0, 0.05) is 12.2 Å². The normalized spacial score (nSPS) is 13.8. The second-order valence-electron chi connectivity index (χ2n) is 4.35. The van der Waals surface area contributed by atoms with Gasteiger partial charge in [0.15, 0.2) is 6.29 Å². The van der Waals surface area contributed by atoms with Crippen LogP contribution in [0.1, 0.15) is 47.8 Å². The van der Waals surface area contributed by atoms with Crippen LogP contribution in [0.25, 0.3) is 0 Å². The zero-order valence-electron chi connectivity index (χ0n) is 9.66. The summed E-state index contributed by atoms with van der Waals surface area (Å²) in [6, 6.07) is 1.78. The molecule has 0 saturated heterocycles. The van der Waals surface area contributed by atoms with E-state index in [0.717, 1.165) is 44.3 Å². The van der Waals surface area contributed by atoms with E-state index in [2.05, 4.69) is 6.92 Å². The van der Waals surface area contributed by atoms with E-state index in [9.17, 15) is 9.59 Å². The van der Waals surface area contributed by atoms with Gasteiger partial charge in [-0.25, -0.2) is 0 Å². The minimum absolute atomic E-state index is 0.107. The van der Waals surface area contributed by atoms with Crippen LogP contribution in [0.15, 0.2) is 10.9 Å². The number of carbonyl (C=O) groups excluding carboxylic acids is 1. The van der Waals surface area contributed by atoms with Crippen LogP contribution in [-0.4, -0.2) is 10.9 Å². The maximum absolute atomic E-state index is 12.0. The number of aromatic nitrogens is 1. The number of hydrogen-bond acceptors (Lipinski definition) is 2. The molecule has 0 saturated carbocycles. The second kappa shape index (κ2) is 4.64. The van der Waals surface area contributed by atoms with Crippen molar-refractivity contribution in [1.82, 2.24) is 4.57 Å². The minimum Gasteiger partial charge on any atom is -0.312 e. The van der Waals surface area contributed by atoms with Crippen LogP contribution in [0.3, 0.4) is 0 Å². The minimum atomic E-state index is -0.107. The molecule has 86 valence electrons. The standard InChI is InChI=1S/C13H17NO2/c1-2-3-7-14-12-6-4-5-10(12)8-11(9-15)13(14)16/h8-9H,2-7H2,1H3. The van der Waals surface area contributed by atoms with Crippen LogP contribution in [0, 0.1) is 0 Å². The van der Waals surface area contributed by atoms with Crippen LogP contribution >= 0.6 is 0 Å². The topological polar surface area (TPSA) is 39.1 Å². The molecule has 1 heterocycles. The van der Waals surface area contributed by atoms with Crippen LogP contribution < -0.4 is 5.56 Å². The summed E-state index contributed by atoms with van der Waals surface area (Å²) >= 11 is 0. The SMILES string of the molecule is CCCCn1c2c(cc(C=O)c1=O)CCC2. The molecule has 1 aromatic rings. The lowest BCUT2D eigenvalue weighted by atomic mass is 10.1. The second-order valence-corrected chi connectivity index (χ2v) is 4.35. The quantitative estimate of drug-likeness (QED) is 0.726. The lowest BCUT2D eigenvalue weighted by Gasteiger charge is -2.12. The number of aryl methyl sites for hydroxylation is 1. The Morgan fingerprint density at radius 3 is 2.94 bits per heavy atom. The first-order chi connectivity index (χ1) is 7.77. The highest BCUT2D eigenvalue weighted by atomic mass is 16.1. The van der Waals surface area contributed by atoms with Crippen molar-refractivity contribution in [2.24, 2.45) is 0 Å². The summed E-state index contributed by atoms with van der Waals surface area (Å²) in [5.74, 6) is 0. The first-order valence-electron chi connectivity index (χ1n) is 5.98. The van der Waals surface area contributed by atoms with E-state index in [-0.39, 0.29) is 5.56 Å². The summed E-state index contributed by atoms with van der Waals surface area (Å²) in [6.45, 7) is 2.86. The molecule has 0 spiro atoms. The third kappa shape index (κ3) is 1.82. The molecule has 1 aromatic heterocycles. The number of hydrogen-bond donors (Lipinski definition) is 0. The molecule has 0 radical (unpaired) electrons. The Labute approximate surface area is 95.1 Å². The van der Waals surface area contributed by atoms with Gasteiger partial charge in [-0.15, -0.1) is 0 Å². The fourth-order valence-electron chi connectivity index (χ4n) is 2.38.